The summed E-state index contributed by atoms with van der Waals surface area (Å²) in [5.74, 6) is 0.803. The van der Waals surface area contributed by atoms with Gasteiger partial charge in [0.05, 0.1) is 37.2 Å². The van der Waals surface area contributed by atoms with E-state index in [-0.39, 0.29) is 0 Å². The van der Waals surface area contributed by atoms with Crippen molar-refractivity contribution >= 4 is 29.3 Å². The number of terminal acetylenes is 2. The maximum atomic E-state index is 11.6. The Morgan fingerprint density at radius 2 is 1.84 bits per heavy atom. The fraction of sp³-hybridized carbons (Fsp3) is 0.467. The van der Waals surface area contributed by atoms with Gasteiger partial charge < -0.3 is 24.6 Å². The molecular formula is C30H40N4O3. The quantitative estimate of drug-likeness (QED) is 0.435. The smallest absolute Gasteiger partial charge is 0.214 e. The number of hydrogen-bond acceptors (Lipinski definition) is 6. The summed E-state index contributed by atoms with van der Waals surface area (Å²) in [4.78, 5) is 20.0. The van der Waals surface area contributed by atoms with Gasteiger partial charge in [-0.3, -0.25) is 4.79 Å². The standard InChI is InChI=1S/C17H18N4O2.C9H18O.2C2H2/c22-12-21-11-13-2-1-5-18-17(13)19-15-4-3-14(10-16(15)21)20-6-8-23-9-7-20;1-2-8-10-9-6-4-3-5-7-9;2*1-2/h1-5,10,12H,6-9,11H2,(H,18,19);9H,2-8H2,1H3;2*1-2H. The molecule has 7 nitrogen and oxygen atoms in total. The van der Waals surface area contributed by atoms with Crippen LogP contribution in [0.5, 0.6) is 0 Å². The number of nitrogens with one attached hydrogen (secondary N) is 1. The lowest BCUT2D eigenvalue weighted by Gasteiger charge is -2.30. The van der Waals surface area contributed by atoms with Gasteiger partial charge in [0, 0.05) is 37.1 Å². The Hall–Kier alpha value is -3.52. The van der Waals surface area contributed by atoms with E-state index in [4.69, 9.17) is 9.47 Å². The van der Waals surface area contributed by atoms with E-state index in [1.807, 2.05) is 18.2 Å². The Kier molecular flexibility index (Phi) is 13.7. The summed E-state index contributed by atoms with van der Waals surface area (Å²) in [6.07, 6.45) is 27.2. The van der Waals surface area contributed by atoms with Crippen molar-refractivity contribution in [1.29, 1.82) is 0 Å². The summed E-state index contributed by atoms with van der Waals surface area (Å²) in [5, 5.41) is 3.34. The van der Waals surface area contributed by atoms with Crippen molar-refractivity contribution in [1.82, 2.24) is 4.98 Å². The van der Waals surface area contributed by atoms with E-state index in [1.54, 1.807) is 11.1 Å². The molecule has 5 rings (SSSR count). The van der Waals surface area contributed by atoms with Crippen LogP contribution in [0.1, 0.15) is 51.0 Å². The lowest BCUT2D eigenvalue weighted by molar-refractivity contribution is -0.107. The van der Waals surface area contributed by atoms with Gasteiger partial charge in [-0.25, -0.2) is 4.98 Å². The second kappa shape index (κ2) is 17.0. The van der Waals surface area contributed by atoms with Gasteiger partial charge in [0.2, 0.25) is 6.41 Å². The van der Waals surface area contributed by atoms with E-state index in [0.29, 0.717) is 12.6 Å². The molecule has 198 valence electrons. The van der Waals surface area contributed by atoms with E-state index < -0.39 is 0 Å². The third-order valence-corrected chi connectivity index (χ3v) is 6.39. The summed E-state index contributed by atoms with van der Waals surface area (Å²) in [6, 6.07) is 10.0. The zero-order valence-corrected chi connectivity index (χ0v) is 22.0. The minimum absolute atomic E-state index is 0.513. The Morgan fingerprint density at radius 1 is 1.11 bits per heavy atom. The summed E-state index contributed by atoms with van der Waals surface area (Å²) in [5.41, 5.74) is 3.89. The van der Waals surface area contributed by atoms with Crippen molar-refractivity contribution in [2.75, 3.05) is 48.0 Å². The predicted molar refractivity (Wildman–Crippen MR) is 152 cm³/mol. The van der Waals surface area contributed by atoms with Crippen LogP contribution in [0.2, 0.25) is 0 Å². The van der Waals surface area contributed by atoms with Crippen LogP contribution in [-0.4, -0.2) is 50.4 Å². The fourth-order valence-electron chi connectivity index (χ4n) is 4.57. The van der Waals surface area contributed by atoms with E-state index in [0.717, 1.165) is 74.2 Å². The molecule has 0 bridgehead atoms. The molecule has 1 saturated heterocycles. The highest BCUT2D eigenvalue weighted by atomic mass is 16.5. The Balaban J connectivity index is 0.000000289. The van der Waals surface area contributed by atoms with Crippen molar-refractivity contribution in [3.63, 3.8) is 0 Å². The number of amides is 1. The van der Waals surface area contributed by atoms with Crippen molar-refractivity contribution in [3.05, 3.63) is 42.1 Å². The highest BCUT2D eigenvalue weighted by molar-refractivity contribution is 5.89. The molecule has 0 radical (unpaired) electrons. The second-order valence-corrected chi connectivity index (χ2v) is 8.80. The maximum Gasteiger partial charge on any atom is 0.214 e. The molecule has 2 fully saturated rings. The normalized spacial score (nSPS) is 16.4. The number of carbonyl (C=O) groups excluding carboxylic acids is 1. The van der Waals surface area contributed by atoms with Crippen LogP contribution in [0, 0.1) is 25.7 Å². The minimum Gasteiger partial charge on any atom is -0.378 e. The fourth-order valence-corrected chi connectivity index (χ4v) is 4.57. The van der Waals surface area contributed by atoms with E-state index in [9.17, 15) is 4.79 Å². The third kappa shape index (κ3) is 8.82. The summed E-state index contributed by atoms with van der Waals surface area (Å²) < 4.78 is 11.0. The van der Waals surface area contributed by atoms with Crippen LogP contribution in [0.3, 0.4) is 0 Å². The number of fused-ring (bicyclic) bond motifs is 2. The Labute approximate surface area is 222 Å². The lowest BCUT2D eigenvalue weighted by atomic mass is 9.98. The van der Waals surface area contributed by atoms with E-state index in [1.165, 1.54) is 32.1 Å². The molecule has 0 atom stereocenters. The number of benzene rings is 1. The first-order valence-corrected chi connectivity index (χ1v) is 13.0. The van der Waals surface area contributed by atoms with Gasteiger partial charge in [0.25, 0.3) is 0 Å². The topological polar surface area (TPSA) is 66.9 Å². The first kappa shape index (κ1) is 29.7. The van der Waals surface area contributed by atoms with Crippen molar-refractivity contribution in [3.8, 4) is 25.7 Å². The second-order valence-electron chi connectivity index (χ2n) is 8.80. The molecule has 3 heterocycles. The van der Waals surface area contributed by atoms with Gasteiger partial charge in [-0.2, -0.15) is 0 Å². The van der Waals surface area contributed by atoms with E-state index >= 15 is 0 Å². The third-order valence-electron chi connectivity index (χ3n) is 6.39. The van der Waals surface area contributed by atoms with Gasteiger partial charge in [0.1, 0.15) is 5.82 Å². The van der Waals surface area contributed by atoms with Gasteiger partial charge in [0.15, 0.2) is 0 Å². The number of nitrogens with zero attached hydrogens (tertiary/aromatic N) is 3. The molecule has 2 aromatic rings. The molecule has 1 amide bonds. The van der Waals surface area contributed by atoms with Gasteiger partial charge in [-0.15, -0.1) is 25.7 Å². The van der Waals surface area contributed by atoms with Crippen molar-refractivity contribution in [2.24, 2.45) is 0 Å². The first-order valence-electron chi connectivity index (χ1n) is 13.0. The highest BCUT2D eigenvalue weighted by Crippen LogP contribution is 2.36. The maximum absolute atomic E-state index is 11.6. The SMILES string of the molecule is C#C.C#C.CCCOC1CCCCC1.O=CN1Cc2cccnc2Nc2ccc(N3CCOCC3)cc21. The predicted octanol–water partition coefficient (Wildman–Crippen LogP) is 5.38. The number of carbonyl (C=O) groups is 1. The van der Waals surface area contributed by atoms with Crippen LogP contribution >= 0.6 is 0 Å². The number of pyridine rings is 1. The molecule has 1 aromatic carbocycles. The largest absolute Gasteiger partial charge is 0.378 e. The van der Waals surface area contributed by atoms with Gasteiger partial charge in [-0.1, -0.05) is 32.3 Å². The minimum atomic E-state index is 0.513. The molecular weight excluding hydrogens is 464 g/mol. The molecule has 0 spiro atoms. The molecule has 1 aliphatic carbocycles. The number of ether oxygens (including phenoxy) is 2. The number of anilines is 4. The van der Waals surface area contributed by atoms with Gasteiger partial charge in [-0.05, 0) is 43.5 Å². The van der Waals surface area contributed by atoms with Crippen molar-refractivity contribution in [2.45, 2.75) is 58.1 Å². The number of morpholine rings is 1. The van der Waals surface area contributed by atoms with Crippen molar-refractivity contribution < 1.29 is 14.3 Å². The molecule has 3 aliphatic rings. The molecule has 1 N–H and O–H groups in total. The molecule has 1 aromatic heterocycles. The monoisotopic (exact) mass is 504 g/mol. The molecule has 2 aliphatic heterocycles. The summed E-state index contributed by atoms with van der Waals surface area (Å²) in [6.45, 7) is 6.86. The Morgan fingerprint density at radius 3 is 2.51 bits per heavy atom. The van der Waals surface area contributed by atoms with Gasteiger partial charge >= 0.3 is 0 Å². The summed E-state index contributed by atoms with van der Waals surface area (Å²) in [7, 11) is 0. The number of hydrogen-bond donors (Lipinski definition) is 1. The number of rotatable bonds is 5. The zero-order valence-electron chi connectivity index (χ0n) is 22.0. The average Bonchev–Trinajstić information content (AvgIpc) is 3.15. The van der Waals surface area contributed by atoms with Crippen LogP contribution < -0.4 is 15.1 Å². The van der Waals surface area contributed by atoms with Crippen LogP contribution in [0.15, 0.2) is 36.5 Å². The Bertz CT molecular complexity index is 973. The van der Waals surface area contributed by atoms with Crippen LogP contribution in [-0.2, 0) is 20.8 Å². The lowest BCUT2D eigenvalue weighted by Crippen LogP contribution is -2.36. The zero-order chi connectivity index (χ0) is 26.9. The highest BCUT2D eigenvalue weighted by Gasteiger charge is 2.21. The first-order chi connectivity index (χ1) is 18.3. The van der Waals surface area contributed by atoms with Crippen LogP contribution in [0.25, 0.3) is 0 Å². The average molecular weight is 505 g/mol. The molecule has 1 saturated carbocycles. The van der Waals surface area contributed by atoms with Crippen LogP contribution in [0.4, 0.5) is 22.9 Å². The summed E-state index contributed by atoms with van der Waals surface area (Å²) >= 11 is 0. The molecule has 7 heteroatoms. The molecule has 37 heavy (non-hydrogen) atoms. The molecule has 0 unspecified atom stereocenters. The number of aromatic nitrogens is 1. The van der Waals surface area contributed by atoms with E-state index in [2.05, 4.69) is 60.0 Å².